The maximum Gasteiger partial charge on any atom is 0.358 e. The molecule has 1 aromatic heterocycles. The van der Waals surface area contributed by atoms with Crippen LogP contribution in [0.15, 0.2) is 16.7 Å². The Kier molecular flexibility index (Phi) is 3.07. The molecule has 100 valence electrons. The van der Waals surface area contributed by atoms with Crippen molar-refractivity contribution in [1.29, 1.82) is 0 Å². The summed E-state index contributed by atoms with van der Waals surface area (Å²) in [5, 5.41) is 21.5. The lowest BCUT2D eigenvalue weighted by Crippen LogP contribution is -1.95. The highest BCUT2D eigenvalue weighted by Crippen LogP contribution is 2.41. The van der Waals surface area contributed by atoms with E-state index in [1.54, 1.807) is 0 Å². The molecule has 0 spiro atoms. The third-order valence-corrected chi connectivity index (χ3v) is 2.34. The van der Waals surface area contributed by atoms with Crippen LogP contribution in [-0.4, -0.2) is 28.4 Å². The van der Waals surface area contributed by atoms with Crippen LogP contribution in [0.5, 0.6) is 11.5 Å². The molecule has 1 heterocycles. The van der Waals surface area contributed by atoms with Gasteiger partial charge in [-0.25, -0.2) is 13.6 Å². The quantitative estimate of drug-likeness (QED) is 0.887. The maximum absolute atomic E-state index is 13.6. The Labute approximate surface area is 104 Å². The Morgan fingerprint density at radius 3 is 2.58 bits per heavy atom. The lowest BCUT2D eigenvalue weighted by molar-refractivity contribution is 0.0686. The summed E-state index contributed by atoms with van der Waals surface area (Å²) >= 11 is 0. The van der Waals surface area contributed by atoms with Gasteiger partial charge in [0.15, 0.2) is 28.8 Å². The van der Waals surface area contributed by atoms with E-state index in [9.17, 15) is 18.7 Å². The van der Waals surface area contributed by atoms with Crippen molar-refractivity contribution < 1.29 is 33.0 Å². The highest BCUT2D eigenvalue weighted by Gasteiger charge is 2.24. The van der Waals surface area contributed by atoms with E-state index in [0.717, 1.165) is 13.2 Å². The molecule has 2 N–H and O–H groups in total. The van der Waals surface area contributed by atoms with Crippen LogP contribution < -0.4 is 4.74 Å². The minimum atomic E-state index is -1.39. The van der Waals surface area contributed by atoms with E-state index < -0.39 is 40.4 Å². The van der Waals surface area contributed by atoms with Crippen molar-refractivity contribution in [3.8, 4) is 22.8 Å². The molecule has 2 rings (SSSR count). The van der Waals surface area contributed by atoms with E-state index in [2.05, 4.69) is 14.4 Å². The highest BCUT2D eigenvalue weighted by atomic mass is 19.1. The van der Waals surface area contributed by atoms with Gasteiger partial charge in [0.1, 0.15) is 11.4 Å². The van der Waals surface area contributed by atoms with E-state index in [4.69, 9.17) is 5.11 Å². The Bertz CT molecular complexity index is 653. The number of aromatic hydroxyl groups is 1. The van der Waals surface area contributed by atoms with Crippen LogP contribution in [0, 0.1) is 11.6 Å². The van der Waals surface area contributed by atoms with Crippen LogP contribution in [0.25, 0.3) is 11.3 Å². The van der Waals surface area contributed by atoms with Gasteiger partial charge >= 0.3 is 5.97 Å². The zero-order chi connectivity index (χ0) is 14.2. The van der Waals surface area contributed by atoms with Gasteiger partial charge in [-0.1, -0.05) is 5.16 Å². The molecule has 19 heavy (non-hydrogen) atoms. The van der Waals surface area contributed by atoms with Gasteiger partial charge in [-0.15, -0.1) is 0 Å². The fraction of sp³-hybridized carbons (Fsp3) is 0.0909. The number of aromatic carboxylic acids is 1. The third kappa shape index (κ3) is 2.07. The number of methoxy groups -OCH3 is 1. The van der Waals surface area contributed by atoms with Crippen LogP contribution in [0.3, 0.4) is 0 Å². The average molecular weight is 271 g/mol. The van der Waals surface area contributed by atoms with Crippen molar-refractivity contribution >= 4 is 5.97 Å². The van der Waals surface area contributed by atoms with Crippen LogP contribution in [0.2, 0.25) is 0 Å². The smallest absolute Gasteiger partial charge is 0.358 e. The summed E-state index contributed by atoms with van der Waals surface area (Å²) in [6, 6.07) is 1.38. The summed E-state index contributed by atoms with van der Waals surface area (Å²) in [5.41, 5.74) is -1.00. The van der Waals surface area contributed by atoms with E-state index >= 15 is 0 Å². The average Bonchev–Trinajstić information content (AvgIpc) is 2.78. The Morgan fingerprint density at radius 1 is 1.37 bits per heavy atom. The van der Waals surface area contributed by atoms with Crippen molar-refractivity contribution in [1.82, 2.24) is 5.16 Å². The van der Waals surface area contributed by atoms with Crippen molar-refractivity contribution in [2.24, 2.45) is 0 Å². The molecule has 0 saturated heterocycles. The number of ether oxygens (including phenoxy) is 1. The van der Waals surface area contributed by atoms with Crippen molar-refractivity contribution in [3.05, 3.63) is 29.5 Å². The fourth-order valence-corrected chi connectivity index (χ4v) is 1.51. The molecule has 2 aromatic rings. The molecule has 0 amide bonds. The van der Waals surface area contributed by atoms with Crippen LogP contribution in [0.4, 0.5) is 8.78 Å². The van der Waals surface area contributed by atoms with Crippen molar-refractivity contribution in [3.63, 3.8) is 0 Å². The van der Waals surface area contributed by atoms with Crippen LogP contribution in [-0.2, 0) is 0 Å². The van der Waals surface area contributed by atoms with Crippen molar-refractivity contribution in [2.75, 3.05) is 7.11 Å². The van der Waals surface area contributed by atoms with Gasteiger partial charge < -0.3 is 19.5 Å². The molecule has 0 saturated carbocycles. The summed E-state index contributed by atoms with van der Waals surface area (Å²) in [6.45, 7) is 0. The Morgan fingerprint density at radius 2 is 2.05 bits per heavy atom. The normalized spacial score (nSPS) is 10.5. The van der Waals surface area contributed by atoms with E-state index in [0.29, 0.717) is 6.07 Å². The van der Waals surface area contributed by atoms with Gasteiger partial charge in [-0.3, -0.25) is 0 Å². The number of carboxylic acid groups (broad SMARTS) is 1. The second kappa shape index (κ2) is 4.56. The number of aromatic nitrogens is 1. The monoisotopic (exact) mass is 271 g/mol. The summed E-state index contributed by atoms with van der Waals surface area (Å²) in [6.07, 6.45) is 0. The van der Waals surface area contributed by atoms with Gasteiger partial charge in [0.25, 0.3) is 0 Å². The predicted octanol–water partition coefficient (Wildman–Crippen LogP) is 2.03. The molecular weight excluding hydrogens is 264 g/mol. The summed E-state index contributed by atoms with van der Waals surface area (Å²) in [5.74, 6) is -5.39. The first-order chi connectivity index (χ1) is 8.95. The molecule has 0 atom stereocenters. The molecule has 0 aliphatic rings. The number of hydrogen-bond donors (Lipinski definition) is 2. The van der Waals surface area contributed by atoms with Gasteiger partial charge in [-0.2, -0.15) is 0 Å². The summed E-state index contributed by atoms with van der Waals surface area (Å²) < 4.78 is 36.1. The summed E-state index contributed by atoms with van der Waals surface area (Å²) in [4.78, 5) is 10.6. The number of nitrogens with zero attached hydrogens (tertiary/aromatic N) is 1. The molecule has 8 heteroatoms. The number of hydrogen-bond acceptors (Lipinski definition) is 5. The SMILES string of the molecule is COc1c(F)cc(F)c(-c2cc(C(=O)O)no2)c1O. The number of phenols is 1. The third-order valence-electron chi connectivity index (χ3n) is 2.34. The first-order valence-electron chi connectivity index (χ1n) is 4.91. The van der Waals surface area contributed by atoms with Gasteiger partial charge in [-0.05, 0) is 0 Å². The number of carbonyl (C=O) groups is 1. The van der Waals surface area contributed by atoms with Gasteiger partial charge in [0.05, 0.1) is 7.11 Å². The highest BCUT2D eigenvalue weighted by molar-refractivity contribution is 5.87. The molecule has 0 fully saturated rings. The summed E-state index contributed by atoms with van der Waals surface area (Å²) in [7, 11) is 1.09. The zero-order valence-corrected chi connectivity index (χ0v) is 9.48. The molecule has 0 aliphatic heterocycles. The molecule has 0 bridgehead atoms. The zero-order valence-electron chi connectivity index (χ0n) is 9.48. The maximum atomic E-state index is 13.6. The number of phenolic OH excluding ortho intramolecular Hbond substituents is 1. The molecule has 0 unspecified atom stereocenters. The second-order valence-corrected chi connectivity index (χ2v) is 3.48. The molecular formula is C11H7F2NO5. The Balaban J connectivity index is 2.64. The minimum absolute atomic E-state index is 0.356. The van der Waals surface area contributed by atoms with Crippen LogP contribution >= 0.6 is 0 Å². The van der Waals surface area contributed by atoms with Crippen molar-refractivity contribution in [2.45, 2.75) is 0 Å². The van der Waals surface area contributed by atoms with Crippen LogP contribution in [0.1, 0.15) is 10.5 Å². The Hall–Kier alpha value is -2.64. The first-order valence-corrected chi connectivity index (χ1v) is 4.91. The van der Waals surface area contributed by atoms with Gasteiger partial charge in [0, 0.05) is 12.1 Å². The topological polar surface area (TPSA) is 92.8 Å². The number of rotatable bonds is 3. The second-order valence-electron chi connectivity index (χ2n) is 3.48. The van der Waals surface area contributed by atoms with E-state index in [-0.39, 0.29) is 5.76 Å². The molecule has 1 aromatic carbocycles. The fourth-order valence-electron chi connectivity index (χ4n) is 1.51. The standard InChI is InChI=1S/C11H7F2NO5/c1-18-10-5(13)2-4(12)8(9(10)15)7-3-6(11(16)17)14-19-7/h2-3,15H,1H3,(H,16,17). The molecule has 6 nitrogen and oxygen atoms in total. The predicted molar refractivity (Wildman–Crippen MR) is 57.0 cm³/mol. The largest absolute Gasteiger partial charge is 0.504 e. The number of benzene rings is 1. The lowest BCUT2D eigenvalue weighted by Gasteiger charge is -2.08. The molecule has 0 radical (unpaired) electrons. The first kappa shape index (κ1) is 12.8. The number of carboxylic acids is 1. The number of halogens is 2. The van der Waals surface area contributed by atoms with E-state index in [1.165, 1.54) is 0 Å². The molecule has 0 aliphatic carbocycles. The van der Waals surface area contributed by atoms with E-state index in [1.807, 2.05) is 0 Å². The minimum Gasteiger partial charge on any atom is -0.504 e. The lowest BCUT2D eigenvalue weighted by atomic mass is 10.1. The van der Waals surface area contributed by atoms with Gasteiger partial charge in [0.2, 0.25) is 0 Å².